The lowest BCUT2D eigenvalue weighted by Gasteiger charge is -2.23. The van der Waals surface area contributed by atoms with E-state index in [1.807, 2.05) is 41.3 Å². The van der Waals surface area contributed by atoms with Gasteiger partial charge in [0, 0.05) is 24.6 Å². The first-order valence-electron chi connectivity index (χ1n) is 10.1. The van der Waals surface area contributed by atoms with Crippen LogP contribution in [0.5, 0.6) is 0 Å². The number of benzene rings is 2. The summed E-state index contributed by atoms with van der Waals surface area (Å²) in [6.45, 7) is 4.83. The third kappa shape index (κ3) is 5.54. The first-order valence-corrected chi connectivity index (χ1v) is 10.1. The molecule has 1 aliphatic heterocycles. The molecule has 1 saturated heterocycles. The normalized spacial score (nSPS) is 18.4. The molecule has 3 rings (SSSR count). The maximum atomic E-state index is 13.4. The Kier molecular flexibility index (Phi) is 7.36. The maximum Gasteiger partial charge on any atom is 0.249 e. The number of aryl methyl sites for hydroxylation is 1. The summed E-state index contributed by atoms with van der Waals surface area (Å²) < 4.78 is 19.5. The molecular weight excluding hydrogens is 383 g/mol. The molecule has 0 aromatic heterocycles. The third-order valence-electron chi connectivity index (χ3n) is 5.41. The van der Waals surface area contributed by atoms with Crippen molar-refractivity contribution in [3.05, 3.63) is 83.7 Å². The number of nitrogens with two attached hydrogens (primary N) is 1. The van der Waals surface area contributed by atoms with Crippen LogP contribution in [0.25, 0.3) is 0 Å². The SMILES string of the molecule is C=CCC1CC(OCc2ccccc2)CN1C(=O)CCc1ccc(F)cc1C(N)=O. The minimum absolute atomic E-state index is 0.0209. The lowest BCUT2D eigenvalue weighted by Crippen LogP contribution is -2.36. The largest absolute Gasteiger partial charge is 0.372 e. The average Bonchev–Trinajstić information content (AvgIpc) is 3.15. The van der Waals surface area contributed by atoms with E-state index in [4.69, 9.17) is 10.5 Å². The number of carbonyl (C=O) groups is 2. The first-order chi connectivity index (χ1) is 14.5. The Bertz CT molecular complexity index is 901. The number of hydrogen-bond donors (Lipinski definition) is 1. The second kappa shape index (κ2) is 10.2. The highest BCUT2D eigenvalue weighted by Gasteiger charge is 2.34. The summed E-state index contributed by atoms with van der Waals surface area (Å²) in [5.41, 5.74) is 7.14. The van der Waals surface area contributed by atoms with Crippen LogP contribution in [0, 0.1) is 5.82 Å². The van der Waals surface area contributed by atoms with Crippen LogP contribution in [0.1, 0.15) is 40.7 Å². The number of hydrogen-bond acceptors (Lipinski definition) is 3. The fourth-order valence-corrected chi connectivity index (χ4v) is 3.89. The topological polar surface area (TPSA) is 72.6 Å². The van der Waals surface area contributed by atoms with E-state index in [0.29, 0.717) is 31.6 Å². The van der Waals surface area contributed by atoms with Crippen molar-refractivity contribution >= 4 is 11.8 Å². The van der Waals surface area contributed by atoms with Gasteiger partial charge in [-0.15, -0.1) is 6.58 Å². The third-order valence-corrected chi connectivity index (χ3v) is 5.41. The van der Waals surface area contributed by atoms with Gasteiger partial charge in [-0.3, -0.25) is 9.59 Å². The predicted molar refractivity (Wildman–Crippen MR) is 113 cm³/mol. The Morgan fingerprint density at radius 3 is 2.70 bits per heavy atom. The van der Waals surface area contributed by atoms with Crippen molar-refractivity contribution in [2.75, 3.05) is 6.54 Å². The zero-order valence-corrected chi connectivity index (χ0v) is 16.9. The summed E-state index contributed by atoms with van der Waals surface area (Å²) in [6.07, 6.45) is 3.77. The van der Waals surface area contributed by atoms with Gasteiger partial charge in [0.25, 0.3) is 0 Å². The zero-order chi connectivity index (χ0) is 21.5. The van der Waals surface area contributed by atoms with Gasteiger partial charge >= 0.3 is 0 Å². The van der Waals surface area contributed by atoms with Gasteiger partial charge in [-0.05, 0) is 42.5 Å². The summed E-state index contributed by atoms with van der Waals surface area (Å²) >= 11 is 0. The lowest BCUT2D eigenvalue weighted by molar-refractivity contribution is -0.132. The van der Waals surface area contributed by atoms with Crippen LogP contribution in [0.2, 0.25) is 0 Å². The van der Waals surface area contributed by atoms with Crippen molar-refractivity contribution in [3.63, 3.8) is 0 Å². The van der Waals surface area contributed by atoms with Gasteiger partial charge in [-0.25, -0.2) is 4.39 Å². The number of amides is 2. The maximum absolute atomic E-state index is 13.4. The Morgan fingerprint density at radius 1 is 1.23 bits per heavy atom. The van der Waals surface area contributed by atoms with Crippen molar-refractivity contribution in [3.8, 4) is 0 Å². The van der Waals surface area contributed by atoms with Gasteiger partial charge in [0.05, 0.1) is 12.7 Å². The fraction of sp³-hybridized carbons (Fsp3) is 0.333. The Balaban J connectivity index is 1.61. The minimum atomic E-state index is -0.697. The van der Waals surface area contributed by atoms with E-state index in [0.717, 1.165) is 18.1 Å². The molecule has 2 unspecified atom stereocenters. The second-order valence-corrected chi connectivity index (χ2v) is 7.54. The minimum Gasteiger partial charge on any atom is -0.372 e. The second-order valence-electron chi connectivity index (χ2n) is 7.54. The summed E-state index contributed by atoms with van der Waals surface area (Å²) in [7, 11) is 0. The monoisotopic (exact) mass is 410 g/mol. The van der Waals surface area contributed by atoms with E-state index >= 15 is 0 Å². The van der Waals surface area contributed by atoms with Crippen LogP contribution in [0.4, 0.5) is 4.39 Å². The summed E-state index contributed by atoms with van der Waals surface area (Å²) in [6, 6.07) is 13.9. The molecule has 1 fully saturated rings. The molecule has 1 heterocycles. The van der Waals surface area contributed by atoms with Crippen molar-refractivity contribution < 1.29 is 18.7 Å². The van der Waals surface area contributed by atoms with E-state index in [9.17, 15) is 14.0 Å². The molecule has 5 nitrogen and oxygen atoms in total. The van der Waals surface area contributed by atoms with Crippen molar-refractivity contribution in [2.45, 2.75) is 44.4 Å². The van der Waals surface area contributed by atoms with E-state index < -0.39 is 11.7 Å². The molecule has 2 aromatic rings. The molecule has 1 aliphatic rings. The van der Waals surface area contributed by atoms with Gasteiger partial charge in [0.1, 0.15) is 5.82 Å². The molecule has 30 heavy (non-hydrogen) atoms. The molecule has 2 N–H and O–H groups in total. The van der Waals surface area contributed by atoms with Gasteiger partial charge in [0.15, 0.2) is 0 Å². The van der Waals surface area contributed by atoms with Crippen molar-refractivity contribution in [1.82, 2.24) is 4.90 Å². The van der Waals surface area contributed by atoms with Crippen LogP contribution in [0.15, 0.2) is 61.2 Å². The molecule has 0 aliphatic carbocycles. The van der Waals surface area contributed by atoms with Crippen LogP contribution in [-0.2, 0) is 22.6 Å². The number of primary amides is 1. The van der Waals surface area contributed by atoms with Gasteiger partial charge < -0.3 is 15.4 Å². The molecule has 6 heteroatoms. The zero-order valence-electron chi connectivity index (χ0n) is 16.9. The molecule has 2 aromatic carbocycles. The number of rotatable bonds is 9. The molecule has 0 saturated carbocycles. The molecule has 158 valence electrons. The van der Waals surface area contributed by atoms with E-state index in [1.165, 1.54) is 12.1 Å². The van der Waals surface area contributed by atoms with Gasteiger partial charge in [-0.2, -0.15) is 0 Å². The Morgan fingerprint density at radius 2 is 2.00 bits per heavy atom. The van der Waals surface area contributed by atoms with E-state index in [-0.39, 0.29) is 30.0 Å². The highest BCUT2D eigenvalue weighted by atomic mass is 19.1. The van der Waals surface area contributed by atoms with Crippen LogP contribution in [0.3, 0.4) is 0 Å². The quantitative estimate of drug-likeness (QED) is 0.642. The van der Waals surface area contributed by atoms with Gasteiger partial charge in [0.2, 0.25) is 11.8 Å². The number of likely N-dealkylation sites (tertiary alicyclic amines) is 1. The van der Waals surface area contributed by atoms with Crippen molar-refractivity contribution in [2.24, 2.45) is 5.73 Å². The average molecular weight is 410 g/mol. The van der Waals surface area contributed by atoms with Crippen LogP contribution < -0.4 is 5.73 Å². The number of ether oxygens (including phenoxy) is 1. The molecule has 0 radical (unpaired) electrons. The predicted octanol–water partition coefficient (Wildman–Crippen LogP) is 3.62. The summed E-state index contributed by atoms with van der Waals surface area (Å²) in [5, 5.41) is 0. The van der Waals surface area contributed by atoms with Crippen LogP contribution in [-0.4, -0.2) is 35.4 Å². The highest BCUT2D eigenvalue weighted by Crippen LogP contribution is 2.25. The fourth-order valence-electron chi connectivity index (χ4n) is 3.89. The smallest absolute Gasteiger partial charge is 0.249 e. The highest BCUT2D eigenvalue weighted by molar-refractivity contribution is 5.94. The number of halogens is 1. The Hall–Kier alpha value is -2.99. The van der Waals surface area contributed by atoms with Crippen molar-refractivity contribution in [1.29, 1.82) is 0 Å². The number of carbonyl (C=O) groups excluding carboxylic acids is 2. The first kappa shape index (κ1) is 21.7. The molecular formula is C24H27FN2O3. The molecule has 2 amide bonds. The standard InChI is InChI=1S/C24H27FN2O3/c1-2-6-20-14-21(30-16-17-7-4-3-5-8-17)15-27(20)23(28)12-10-18-9-11-19(25)13-22(18)24(26)29/h2-5,7-9,11,13,20-21H,1,6,10,12,14-16H2,(H2,26,29). The lowest BCUT2D eigenvalue weighted by atomic mass is 10.0. The van der Waals surface area contributed by atoms with E-state index in [2.05, 4.69) is 6.58 Å². The Labute approximate surface area is 176 Å². The van der Waals surface area contributed by atoms with Crippen LogP contribution >= 0.6 is 0 Å². The molecule has 0 bridgehead atoms. The summed E-state index contributed by atoms with van der Waals surface area (Å²) in [5.74, 6) is -1.24. The molecule has 2 atom stereocenters. The van der Waals surface area contributed by atoms with Gasteiger partial charge in [-0.1, -0.05) is 42.5 Å². The van der Waals surface area contributed by atoms with E-state index in [1.54, 1.807) is 0 Å². The summed E-state index contributed by atoms with van der Waals surface area (Å²) in [4.78, 5) is 26.3. The number of nitrogens with zero attached hydrogens (tertiary/aromatic N) is 1. The molecule has 0 spiro atoms.